The van der Waals surface area contributed by atoms with Gasteiger partial charge in [-0.3, -0.25) is 0 Å². The second-order valence-electron chi connectivity index (χ2n) is 7.40. The molecule has 6 nitrogen and oxygen atoms in total. The molecule has 0 bridgehead atoms. The number of aromatic nitrogens is 3. The molecule has 2 saturated carbocycles. The van der Waals surface area contributed by atoms with Crippen molar-refractivity contribution in [2.24, 2.45) is 0 Å². The molecule has 1 aromatic rings. The van der Waals surface area contributed by atoms with Gasteiger partial charge in [0.25, 0.3) is 0 Å². The van der Waals surface area contributed by atoms with E-state index in [1.54, 1.807) is 4.68 Å². The molecule has 3 fully saturated rings. The van der Waals surface area contributed by atoms with Crippen molar-refractivity contribution in [1.82, 2.24) is 20.3 Å². The van der Waals surface area contributed by atoms with Gasteiger partial charge in [-0.25, -0.2) is 13.5 Å². The van der Waals surface area contributed by atoms with Crippen LogP contribution >= 0.6 is 0 Å². The Labute approximate surface area is 139 Å². The summed E-state index contributed by atoms with van der Waals surface area (Å²) in [5.41, 5.74) is 1.02. The number of nitrogens with one attached hydrogen (secondary N) is 1. The van der Waals surface area contributed by atoms with Crippen molar-refractivity contribution >= 4 is 0 Å². The van der Waals surface area contributed by atoms with E-state index in [4.69, 9.17) is 4.74 Å². The third-order valence-electron chi connectivity index (χ3n) is 5.36. The van der Waals surface area contributed by atoms with E-state index in [9.17, 15) is 13.9 Å². The molecule has 1 aromatic heterocycles. The van der Waals surface area contributed by atoms with Crippen LogP contribution in [0.25, 0.3) is 0 Å². The summed E-state index contributed by atoms with van der Waals surface area (Å²) in [7, 11) is 0. The third kappa shape index (κ3) is 3.60. The number of aliphatic hydroxyl groups is 1. The first-order valence-corrected chi connectivity index (χ1v) is 8.84. The molecular weight excluding hydrogens is 318 g/mol. The van der Waals surface area contributed by atoms with Crippen molar-refractivity contribution in [3.05, 3.63) is 11.9 Å². The fourth-order valence-electron chi connectivity index (χ4n) is 3.69. The average Bonchev–Trinajstić information content (AvgIpc) is 3.21. The lowest BCUT2D eigenvalue weighted by Gasteiger charge is -2.33. The number of alkyl halides is 2. The summed E-state index contributed by atoms with van der Waals surface area (Å²) >= 11 is 0. The molecule has 2 aliphatic carbocycles. The van der Waals surface area contributed by atoms with Crippen molar-refractivity contribution in [2.75, 3.05) is 6.61 Å². The molecule has 1 aliphatic heterocycles. The van der Waals surface area contributed by atoms with Crippen LogP contribution in [0.5, 0.6) is 0 Å². The lowest BCUT2D eigenvalue weighted by molar-refractivity contribution is -0.0428. The molecule has 0 aromatic carbocycles. The number of ether oxygens (including phenoxy) is 1. The highest BCUT2D eigenvalue weighted by molar-refractivity contribution is 5.09. The smallest absolute Gasteiger partial charge is 0.248 e. The zero-order chi connectivity index (χ0) is 16.7. The maximum absolute atomic E-state index is 13.3. The van der Waals surface area contributed by atoms with Crippen molar-refractivity contribution in [3.8, 4) is 0 Å². The van der Waals surface area contributed by atoms with Crippen molar-refractivity contribution < 1.29 is 18.6 Å². The monoisotopic (exact) mass is 342 g/mol. The number of rotatable bonds is 5. The van der Waals surface area contributed by atoms with Gasteiger partial charge in [-0.2, -0.15) is 0 Å². The fourth-order valence-corrected chi connectivity index (χ4v) is 3.69. The van der Waals surface area contributed by atoms with Gasteiger partial charge in [0.2, 0.25) is 5.92 Å². The minimum atomic E-state index is -2.54. The topological polar surface area (TPSA) is 72.2 Å². The Balaban J connectivity index is 1.35. The van der Waals surface area contributed by atoms with Crippen LogP contribution in [0.1, 0.15) is 50.1 Å². The number of hydrogen-bond acceptors (Lipinski definition) is 5. The summed E-state index contributed by atoms with van der Waals surface area (Å²) in [6.07, 6.45) is 4.13. The van der Waals surface area contributed by atoms with E-state index in [1.165, 1.54) is 12.8 Å². The standard InChI is InChI=1S/C16H24F2N4O2/c17-16(18)5-3-11(4-6-16)19-15-13(23)9-24-14(15)8-22-7-12(20-21-22)10-1-2-10/h7,10-11,13-15,19,23H,1-6,8-9H2/t13-,14+,15+/m0/s1. The predicted octanol–water partition coefficient (Wildman–Crippen LogP) is 1.45. The highest BCUT2D eigenvalue weighted by Crippen LogP contribution is 2.38. The molecule has 3 atom stereocenters. The maximum Gasteiger partial charge on any atom is 0.248 e. The normalized spacial score (nSPS) is 33.9. The second kappa shape index (κ2) is 6.31. The minimum absolute atomic E-state index is 0.00578. The Morgan fingerprint density at radius 1 is 1.29 bits per heavy atom. The van der Waals surface area contributed by atoms with E-state index in [2.05, 4.69) is 15.6 Å². The number of aliphatic hydroxyl groups excluding tert-OH is 1. The van der Waals surface area contributed by atoms with Crippen molar-refractivity contribution in [2.45, 2.75) is 81.2 Å². The maximum atomic E-state index is 13.3. The molecule has 0 unspecified atom stereocenters. The Morgan fingerprint density at radius 3 is 2.75 bits per heavy atom. The summed E-state index contributed by atoms with van der Waals surface area (Å²) in [5, 5.41) is 21.9. The first-order chi connectivity index (χ1) is 11.5. The first kappa shape index (κ1) is 16.4. The average molecular weight is 342 g/mol. The fraction of sp³-hybridized carbons (Fsp3) is 0.875. The van der Waals surface area contributed by atoms with Crippen LogP contribution in [0.3, 0.4) is 0 Å². The van der Waals surface area contributed by atoms with Crippen LogP contribution < -0.4 is 5.32 Å². The van der Waals surface area contributed by atoms with E-state index in [0.29, 0.717) is 25.3 Å². The molecule has 0 spiro atoms. The summed E-state index contributed by atoms with van der Waals surface area (Å²) in [6, 6.07) is -0.249. The van der Waals surface area contributed by atoms with Gasteiger partial charge in [-0.15, -0.1) is 5.10 Å². The van der Waals surface area contributed by atoms with Gasteiger partial charge >= 0.3 is 0 Å². The van der Waals surface area contributed by atoms with E-state index < -0.39 is 12.0 Å². The Morgan fingerprint density at radius 2 is 2.04 bits per heavy atom. The van der Waals surface area contributed by atoms with Crippen LogP contribution in [0.4, 0.5) is 8.78 Å². The SMILES string of the molecule is O[C@H]1CO[C@H](Cn2cc(C3CC3)nn2)[C@@H]1NC1CCC(F)(F)CC1. The Bertz CT molecular complexity index is 568. The number of halogens is 2. The van der Waals surface area contributed by atoms with Crippen molar-refractivity contribution in [3.63, 3.8) is 0 Å². The zero-order valence-corrected chi connectivity index (χ0v) is 13.6. The summed E-state index contributed by atoms with van der Waals surface area (Å²) in [6.45, 7) is 0.771. The van der Waals surface area contributed by atoms with Gasteiger partial charge in [0.1, 0.15) is 0 Å². The largest absolute Gasteiger partial charge is 0.389 e. The first-order valence-electron chi connectivity index (χ1n) is 8.84. The van der Waals surface area contributed by atoms with E-state index in [1.807, 2.05) is 6.20 Å². The van der Waals surface area contributed by atoms with Gasteiger partial charge in [-0.05, 0) is 25.7 Å². The molecule has 2 heterocycles. The van der Waals surface area contributed by atoms with E-state index in [0.717, 1.165) is 5.69 Å². The minimum Gasteiger partial charge on any atom is -0.389 e. The lowest BCUT2D eigenvalue weighted by Crippen LogP contribution is -2.51. The number of hydrogen-bond donors (Lipinski definition) is 2. The number of nitrogens with zero attached hydrogens (tertiary/aromatic N) is 3. The molecule has 1 saturated heterocycles. The van der Waals surface area contributed by atoms with Crippen molar-refractivity contribution in [1.29, 1.82) is 0 Å². The summed E-state index contributed by atoms with van der Waals surface area (Å²) in [5.74, 6) is -1.99. The van der Waals surface area contributed by atoms with Crippen LogP contribution in [0.15, 0.2) is 6.20 Å². The molecule has 134 valence electrons. The molecule has 0 amide bonds. The predicted molar refractivity (Wildman–Crippen MR) is 81.9 cm³/mol. The highest BCUT2D eigenvalue weighted by atomic mass is 19.3. The third-order valence-corrected chi connectivity index (χ3v) is 5.36. The zero-order valence-electron chi connectivity index (χ0n) is 13.6. The molecule has 8 heteroatoms. The van der Waals surface area contributed by atoms with Gasteiger partial charge in [0.15, 0.2) is 0 Å². The van der Waals surface area contributed by atoms with Gasteiger partial charge in [0, 0.05) is 31.0 Å². The van der Waals surface area contributed by atoms with Crippen LogP contribution in [0, 0.1) is 0 Å². The van der Waals surface area contributed by atoms with Gasteiger partial charge < -0.3 is 15.2 Å². The van der Waals surface area contributed by atoms with E-state index in [-0.39, 0.29) is 37.6 Å². The molecule has 2 N–H and O–H groups in total. The molecule has 0 radical (unpaired) electrons. The quantitative estimate of drug-likeness (QED) is 0.847. The van der Waals surface area contributed by atoms with E-state index >= 15 is 0 Å². The van der Waals surface area contributed by atoms with Crippen LogP contribution in [-0.2, 0) is 11.3 Å². The molecule has 24 heavy (non-hydrogen) atoms. The second-order valence-corrected chi connectivity index (χ2v) is 7.40. The molecule has 4 rings (SSSR count). The van der Waals surface area contributed by atoms with Gasteiger partial charge in [0.05, 0.1) is 37.1 Å². The molecule has 3 aliphatic rings. The summed E-state index contributed by atoms with van der Waals surface area (Å²) < 4.78 is 34.0. The summed E-state index contributed by atoms with van der Waals surface area (Å²) in [4.78, 5) is 0. The molecular formula is C16H24F2N4O2. The Hall–Kier alpha value is -1.12. The Kier molecular flexibility index (Phi) is 4.30. The van der Waals surface area contributed by atoms with Crippen LogP contribution in [-0.4, -0.2) is 56.9 Å². The highest BCUT2D eigenvalue weighted by Gasteiger charge is 2.41. The van der Waals surface area contributed by atoms with Crippen LogP contribution in [0.2, 0.25) is 0 Å². The van der Waals surface area contributed by atoms with Gasteiger partial charge in [-0.1, -0.05) is 5.21 Å². The lowest BCUT2D eigenvalue weighted by atomic mass is 9.91.